The van der Waals surface area contributed by atoms with Crippen LogP contribution in [0.5, 0.6) is 0 Å². The lowest BCUT2D eigenvalue weighted by Crippen LogP contribution is -2.48. The van der Waals surface area contributed by atoms with Crippen molar-refractivity contribution in [1.82, 2.24) is 14.7 Å². The van der Waals surface area contributed by atoms with Crippen LogP contribution in [0.25, 0.3) is 0 Å². The molecule has 2 aromatic rings. The van der Waals surface area contributed by atoms with Gasteiger partial charge in [0.15, 0.2) is 0 Å². The van der Waals surface area contributed by atoms with Gasteiger partial charge >= 0.3 is 12.1 Å². The van der Waals surface area contributed by atoms with Crippen LogP contribution < -0.4 is 0 Å². The van der Waals surface area contributed by atoms with Crippen molar-refractivity contribution in [1.29, 1.82) is 0 Å². The summed E-state index contributed by atoms with van der Waals surface area (Å²) in [5, 5.41) is 9.71. The van der Waals surface area contributed by atoms with E-state index in [-0.39, 0.29) is 31.1 Å². The maximum absolute atomic E-state index is 13.2. The summed E-state index contributed by atoms with van der Waals surface area (Å²) in [4.78, 5) is 31.6. The first-order valence-electron chi connectivity index (χ1n) is 16.3. The molecule has 3 aliphatic rings. The predicted molar refractivity (Wildman–Crippen MR) is 165 cm³/mol. The van der Waals surface area contributed by atoms with Crippen molar-refractivity contribution in [3.05, 3.63) is 71.5 Å². The number of hydrogen-bond acceptors (Lipinski definition) is 5. The number of hydrogen-bond donors (Lipinski definition) is 1. The lowest BCUT2D eigenvalue weighted by atomic mass is 9.84. The number of halogens is 1. The number of carboxylic acids is 1. The fraction of sp³-hybridized carbons (Fsp3) is 0.600. The van der Waals surface area contributed by atoms with Crippen LogP contribution in [0.1, 0.15) is 75.3 Å². The second kappa shape index (κ2) is 15.2. The largest absolute Gasteiger partial charge is 0.480 e. The number of amides is 1. The number of likely N-dealkylation sites (tertiary alicyclic amines) is 1. The number of piperidine rings is 1. The first kappa shape index (κ1) is 31.5. The Bertz CT molecular complexity index is 1170. The Morgan fingerprint density at radius 2 is 1.70 bits per heavy atom. The van der Waals surface area contributed by atoms with Crippen LogP contribution in [0.15, 0.2) is 54.6 Å². The van der Waals surface area contributed by atoms with Gasteiger partial charge < -0.3 is 19.6 Å². The SMILES string of the molecule is CCCN(C(=O)OCc1ccc(F)cc1)C1CCN(C[C@H]2CC(N(CC(=O)O)CC3CCC3)C[C@@H]2c2ccccc2)CC1. The normalized spacial score (nSPS) is 23.3. The van der Waals surface area contributed by atoms with Gasteiger partial charge in [0.25, 0.3) is 0 Å². The van der Waals surface area contributed by atoms with Crippen LogP contribution in [0.3, 0.4) is 0 Å². The molecular weight excluding hydrogens is 545 g/mol. The Morgan fingerprint density at radius 1 is 0.977 bits per heavy atom. The Labute approximate surface area is 256 Å². The van der Waals surface area contributed by atoms with Crippen molar-refractivity contribution in [2.24, 2.45) is 11.8 Å². The van der Waals surface area contributed by atoms with Crippen LogP contribution in [0.4, 0.5) is 9.18 Å². The zero-order chi connectivity index (χ0) is 30.2. The molecule has 1 N–H and O–H groups in total. The average molecular weight is 594 g/mol. The Balaban J connectivity index is 1.19. The molecule has 1 saturated heterocycles. The molecule has 2 saturated carbocycles. The molecule has 0 spiro atoms. The van der Waals surface area contributed by atoms with E-state index in [1.54, 1.807) is 12.1 Å². The van der Waals surface area contributed by atoms with E-state index < -0.39 is 5.97 Å². The van der Waals surface area contributed by atoms with Crippen molar-refractivity contribution in [2.45, 2.75) is 82.9 Å². The molecule has 1 unspecified atom stereocenters. The third-order valence-corrected chi connectivity index (χ3v) is 9.93. The van der Waals surface area contributed by atoms with Crippen molar-refractivity contribution < 1.29 is 23.8 Å². The van der Waals surface area contributed by atoms with Gasteiger partial charge in [0.05, 0.1) is 6.54 Å². The highest BCUT2D eigenvalue weighted by Crippen LogP contribution is 2.43. The molecule has 43 heavy (non-hydrogen) atoms. The highest BCUT2D eigenvalue weighted by molar-refractivity contribution is 5.69. The molecular formula is C35H48FN3O4. The van der Waals surface area contributed by atoms with E-state index in [9.17, 15) is 19.1 Å². The van der Waals surface area contributed by atoms with Crippen LogP contribution in [-0.4, -0.2) is 83.2 Å². The van der Waals surface area contributed by atoms with E-state index in [0.717, 1.165) is 63.8 Å². The summed E-state index contributed by atoms with van der Waals surface area (Å²) < 4.78 is 18.9. The summed E-state index contributed by atoms with van der Waals surface area (Å²) in [6.45, 7) is 6.77. The summed E-state index contributed by atoms with van der Waals surface area (Å²) in [7, 11) is 0. The fourth-order valence-corrected chi connectivity index (χ4v) is 7.45. The topological polar surface area (TPSA) is 73.3 Å². The van der Waals surface area contributed by atoms with Crippen LogP contribution in [-0.2, 0) is 16.1 Å². The third kappa shape index (κ3) is 8.57. The molecule has 1 aliphatic heterocycles. The van der Waals surface area contributed by atoms with Gasteiger partial charge in [-0.3, -0.25) is 9.69 Å². The van der Waals surface area contributed by atoms with E-state index in [1.807, 2.05) is 4.90 Å². The highest BCUT2D eigenvalue weighted by Gasteiger charge is 2.40. The minimum atomic E-state index is -0.728. The molecule has 3 atom stereocenters. The molecule has 1 amide bonds. The Kier molecular flexibility index (Phi) is 11.1. The van der Waals surface area contributed by atoms with Crippen molar-refractivity contribution >= 4 is 12.1 Å². The minimum absolute atomic E-state index is 0.130. The minimum Gasteiger partial charge on any atom is -0.480 e. The predicted octanol–water partition coefficient (Wildman–Crippen LogP) is 6.39. The van der Waals surface area contributed by atoms with Crippen LogP contribution >= 0.6 is 0 Å². The summed E-state index contributed by atoms with van der Waals surface area (Å²) in [6.07, 6.45) is 8.13. The zero-order valence-electron chi connectivity index (χ0n) is 25.6. The summed E-state index contributed by atoms with van der Waals surface area (Å²) in [5.74, 6) is 0.493. The second-order valence-corrected chi connectivity index (χ2v) is 12.9. The van der Waals surface area contributed by atoms with Gasteiger partial charge in [-0.25, -0.2) is 9.18 Å². The standard InChI is InChI=1S/C35H48FN3O4/c1-2-17-39(35(42)43-25-27-11-13-30(36)14-12-27)31-15-18-37(19-16-31)23-29-20-32(21-33(29)28-9-4-3-5-10-28)38(24-34(40)41)22-26-7-6-8-26/h3-5,9-14,26,29,31-33H,2,6-8,15-25H2,1H3,(H,40,41)/t29-,32?,33-/m1/s1. The first-order valence-corrected chi connectivity index (χ1v) is 16.3. The van der Waals surface area contributed by atoms with Gasteiger partial charge in [0.1, 0.15) is 12.4 Å². The van der Waals surface area contributed by atoms with Crippen LogP contribution in [0.2, 0.25) is 0 Å². The number of nitrogens with zero attached hydrogens (tertiary/aromatic N) is 3. The Hall–Kier alpha value is -2.97. The monoisotopic (exact) mass is 593 g/mol. The summed E-state index contributed by atoms with van der Waals surface area (Å²) in [5.41, 5.74) is 2.14. The molecule has 0 bridgehead atoms. The van der Waals surface area contributed by atoms with Gasteiger partial charge in [-0.05, 0) is 86.0 Å². The van der Waals surface area contributed by atoms with E-state index in [4.69, 9.17) is 4.74 Å². The average Bonchev–Trinajstić information content (AvgIpc) is 3.41. The fourth-order valence-electron chi connectivity index (χ4n) is 7.45. The lowest BCUT2D eigenvalue weighted by molar-refractivity contribution is -0.139. The first-order chi connectivity index (χ1) is 20.9. The number of ether oxygens (including phenoxy) is 1. The van der Waals surface area contributed by atoms with Crippen molar-refractivity contribution in [3.63, 3.8) is 0 Å². The number of carboxylic acid groups (broad SMARTS) is 1. The molecule has 7 nitrogen and oxygen atoms in total. The van der Waals surface area contributed by atoms with Gasteiger partial charge in [0.2, 0.25) is 0 Å². The number of carbonyl (C=O) groups is 2. The number of rotatable bonds is 13. The number of aliphatic carboxylic acids is 1. The Morgan fingerprint density at radius 3 is 2.33 bits per heavy atom. The maximum atomic E-state index is 13.2. The lowest BCUT2D eigenvalue weighted by Gasteiger charge is -2.39. The molecule has 2 aliphatic carbocycles. The molecule has 3 fully saturated rings. The smallest absolute Gasteiger partial charge is 0.410 e. The van der Waals surface area contributed by atoms with Crippen LogP contribution in [0, 0.1) is 17.7 Å². The van der Waals surface area contributed by atoms with E-state index >= 15 is 0 Å². The molecule has 0 aromatic heterocycles. The number of benzene rings is 2. The van der Waals surface area contributed by atoms with Gasteiger partial charge in [-0.15, -0.1) is 0 Å². The van der Waals surface area contributed by atoms with E-state index in [0.29, 0.717) is 30.3 Å². The zero-order valence-corrected chi connectivity index (χ0v) is 25.6. The molecule has 234 valence electrons. The molecule has 0 radical (unpaired) electrons. The van der Waals surface area contributed by atoms with Gasteiger partial charge in [-0.2, -0.15) is 0 Å². The molecule has 2 aromatic carbocycles. The molecule has 5 rings (SSSR count). The molecule has 8 heteroatoms. The molecule has 1 heterocycles. The van der Waals surface area contributed by atoms with Gasteiger partial charge in [-0.1, -0.05) is 55.8 Å². The van der Waals surface area contributed by atoms with E-state index in [2.05, 4.69) is 47.1 Å². The summed E-state index contributed by atoms with van der Waals surface area (Å²) in [6, 6.07) is 17.3. The second-order valence-electron chi connectivity index (χ2n) is 12.9. The quantitative estimate of drug-likeness (QED) is 0.290. The third-order valence-electron chi connectivity index (χ3n) is 9.93. The number of carbonyl (C=O) groups excluding carboxylic acids is 1. The van der Waals surface area contributed by atoms with Gasteiger partial charge in [0, 0.05) is 44.8 Å². The highest BCUT2D eigenvalue weighted by atomic mass is 19.1. The maximum Gasteiger partial charge on any atom is 0.410 e. The summed E-state index contributed by atoms with van der Waals surface area (Å²) >= 11 is 0. The van der Waals surface area contributed by atoms with Crippen molar-refractivity contribution in [3.8, 4) is 0 Å². The van der Waals surface area contributed by atoms with Crippen molar-refractivity contribution in [2.75, 3.05) is 39.3 Å². The van der Waals surface area contributed by atoms with E-state index in [1.165, 1.54) is 37.0 Å².